The molecule has 2 heterocycles. The topological polar surface area (TPSA) is 54.7 Å². The van der Waals surface area contributed by atoms with Gasteiger partial charge in [-0.25, -0.2) is 4.98 Å². The quantitative estimate of drug-likeness (QED) is 0.859. The van der Waals surface area contributed by atoms with E-state index in [0.29, 0.717) is 6.54 Å². The standard InChI is InChI=1S/C12H17N3S/c1-8-10(9-5-4-6-14-9)15-11(16-8)12(2,3)7-13/h4-6,14H,7,13H2,1-3H3. The Hall–Kier alpha value is -1.13. The molecule has 2 rings (SSSR count). The summed E-state index contributed by atoms with van der Waals surface area (Å²) >= 11 is 1.73. The van der Waals surface area contributed by atoms with Gasteiger partial charge in [0, 0.05) is 23.0 Å². The number of nitrogens with two attached hydrogens (primary N) is 1. The maximum absolute atomic E-state index is 5.78. The van der Waals surface area contributed by atoms with Gasteiger partial charge in [-0.05, 0) is 19.1 Å². The molecular formula is C12H17N3S. The fraction of sp³-hybridized carbons (Fsp3) is 0.417. The van der Waals surface area contributed by atoms with E-state index in [-0.39, 0.29) is 5.41 Å². The lowest BCUT2D eigenvalue weighted by molar-refractivity contribution is 0.536. The highest BCUT2D eigenvalue weighted by molar-refractivity contribution is 7.12. The molecule has 0 saturated heterocycles. The summed E-state index contributed by atoms with van der Waals surface area (Å²) < 4.78 is 0. The van der Waals surface area contributed by atoms with E-state index in [4.69, 9.17) is 10.7 Å². The summed E-state index contributed by atoms with van der Waals surface area (Å²) in [5.74, 6) is 0. The third kappa shape index (κ3) is 1.90. The Morgan fingerprint density at radius 2 is 2.25 bits per heavy atom. The molecule has 0 radical (unpaired) electrons. The molecule has 0 aliphatic rings. The van der Waals surface area contributed by atoms with Crippen molar-refractivity contribution in [2.75, 3.05) is 6.54 Å². The van der Waals surface area contributed by atoms with Crippen molar-refractivity contribution in [2.24, 2.45) is 5.73 Å². The van der Waals surface area contributed by atoms with Crippen molar-refractivity contribution >= 4 is 11.3 Å². The normalized spacial score (nSPS) is 12.0. The molecule has 2 aromatic heterocycles. The van der Waals surface area contributed by atoms with E-state index in [1.807, 2.05) is 18.3 Å². The van der Waals surface area contributed by atoms with Gasteiger partial charge < -0.3 is 10.7 Å². The highest BCUT2D eigenvalue weighted by Crippen LogP contribution is 2.32. The summed E-state index contributed by atoms with van der Waals surface area (Å²) in [5.41, 5.74) is 7.86. The minimum Gasteiger partial charge on any atom is -0.360 e. The van der Waals surface area contributed by atoms with Crippen LogP contribution in [0.5, 0.6) is 0 Å². The number of nitrogens with zero attached hydrogens (tertiary/aromatic N) is 1. The first-order valence-corrected chi connectivity index (χ1v) is 6.18. The summed E-state index contributed by atoms with van der Waals surface area (Å²) in [6, 6.07) is 4.03. The van der Waals surface area contributed by atoms with Crippen LogP contribution in [0.2, 0.25) is 0 Å². The summed E-state index contributed by atoms with van der Waals surface area (Å²) in [6.45, 7) is 6.97. The van der Waals surface area contributed by atoms with Crippen LogP contribution in [0.15, 0.2) is 18.3 Å². The highest BCUT2D eigenvalue weighted by atomic mass is 32.1. The Labute approximate surface area is 99.7 Å². The largest absolute Gasteiger partial charge is 0.360 e. The molecule has 0 aromatic carbocycles. The number of thiazole rings is 1. The van der Waals surface area contributed by atoms with Gasteiger partial charge in [-0.3, -0.25) is 0 Å². The molecule has 16 heavy (non-hydrogen) atoms. The van der Waals surface area contributed by atoms with E-state index in [1.54, 1.807) is 11.3 Å². The maximum atomic E-state index is 5.78. The number of hydrogen-bond donors (Lipinski definition) is 2. The zero-order valence-corrected chi connectivity index (χ0v) is 10.7. The van der Waals surface area contributed by atoms with Gasteiger partial charge in [0.25, 0.3) is 0 Å². The molecule has 0 bridgehead atoms. The van der Waals surface area contributed by atoms with E-state index in [0.717, 1.165) is 16.4 Å². The van der Waals surface area contributed by atoms with Crippen molar-refractivity contribution in [2.45, 2.75) is 26.2 Å². The number of rotatable bonds is 3. The second-order valence-electron chi connectivity index (χ2n) is 4.60. The van der Waals surface area contributed by atoms with E-state index in [1.165, 1.54) is 4.88 Å². The number of aromatic nitrogens is 2. The van der Waals surface area contributed by atoms with Gasteiger partial charge in [-0.1, -0.05) is 13.8 Å². The molecule has 0 aliphatic carbocycles. The predicted molar refractivity (Wildman–Crippen MR) is 68.7 cm³/mol. The number of nitrogens with one attached hydrogen (secondary N) is 1. The fourth-order valence-electron chi connectivity index (χ4n) is 1.50. The van der Waals surface area contributed by atoms with E-state index in [9.17, 15) is 0 Å². The van der Waals surface area contributed by atoms with Gasteiger partial charge in [0.05, 0.1) is 5.69 Å². The molecule has 0 atom stereocenters. The summed E-state index contributed by atoms with van der Waals surface area (Å²) in [7, 11) is 0. The second-order valence-corrected chi connectivity index (χ2v) is 5.80. The molecule has 86 valence electrons. The van der Waals surface area contributed by atoms with Crippen LogP contribution in [0.3, 0.4) is 0 Å². The number of aromatic amines is 1. The monoisotopic (exact) mass is 235 g/mol. The lowest BCUT2D eigenvalue weighted by atomic mass is 9.95. The van der Waals surface area contributed by atoms with Crippen LogP contribution in [-0.4, -0.2) is 16.5 Å². The van der Waals surface area contributed by atoms with Crippen LogP contribution in [0.25, 0.3) is 11.4 Å². The van der Waals surface area contributed by atoms with Crippen molar-refractivity contribution in [3.05, 3.63) is 28.2 Å². The van der Waals surface area contributed by atoms with E-state index in [2.05, 4.69) is 25.8 Å². The minimum atomic E-state index is -0.0414. The molecule has 0 unspecified atom stereocenters. The van der Waals surface area contributed by atoms with Gasteiger partial charge in [0.2, 0.25) is 0 Å². The van der Waals surface area contributed by atoms with Gasteiger partial charge >= 0.3 is 0 Å². The average Bonchev–Trinajstić information content (AvgIpc) is 2.86. The third-order valence-electron chi connectivity index (χ3n) is 2.74. The van der Waals surface area contributed by atoms with Crippen LogP contribution in [0.1, 0.15) is 23.7 Å². The lowest BCUT2D eigenvalue weighted by Gasteiger charge is -2.18. The number of H-pyrrole nitrogens is 1. The SMILES string of the molecule is Cc1sc(C(C)(C)CN)nc1-c1ccc[nH]1. The zero-order valence-electron chi connectivity index (χ0n) is 9.87. The predicted octanol–water partition coefficient (Wildman–Crippen LogP) is 2.68. The molecule has 2 aromatic rings. The van der Waals surface area contributed by atoms with E-state index >= 15 is 0 Å². The van der Waals surface area contributed by atoms with Crippen molar-refractivity contribution in [3.63, 3.8) is 0 Å². The Bertz CT molecular complexity index is 468. The van der Waals surface area contributed by atoms with Crippen molar-refractivity contribution < 1.29 is 0 Å². The Kier molecular flexibility index (Phi) is 2.86. The highest BCUT2D eigenvalue weighted by Gasteiger charge is 2.24. The average molecular weight is 235 g/mol. The molecule has 0 fully saturated rings. The first-order valence-electron chi connectivity index (χ1n) is 5.36. The third-order valence-corrected chi connectivity index (χ3v) is 4.08. The van der Waals surface area contributed by atoms with Crippen LogP contribution < -0.4 is 5.73 Å². The number of aryl methyl sites for hydroxylation is 1. The molecule has 0 spiro atoms. The van der Waals surface area contributed by atoms with Gasteiger partial charge in [-0.15, -0.1) is 11.3 Å². The molecule has 3 N–H and O–H groups in total. The molecule has 3 nitrogen and oxygen atoms in total. The Morgan fingerprint density at radius 1 is 1.50 bits per heavy atom. The van der Waals surface area contributed by atoms with Crippen LogP contribution in [0.4, 0.5) is 0 Å². The fourth-order valence-corrected chi connectivity index (χ4v) is 2.54. The molecule has 4 heteroatoms. The smallest absolute Gasteiger partial charge is 0.101 e. The maximum Gasteiger partial charge on any atom is 0.101 e. The second kappa shape index (κ2) is 4.03. The Morgan fingerprint density at radius 3 is 2.81 bits per heavy atom. The van der Waals surface area contributed by atoms with Crippen LogP contribution >= 0.6 is 11.3 Å². The summed E-state index contributed by atoms with van der Waals surface area (Å²) in [4.78, 5) is 9.13. The van der Waals surface area contributed by atoms with E-state index < -0.39 is 0 Å². The van der Waals surface area contributed by atoms with Gasteiger partial charge in [0.1, 0.15) is 10.7 Å². The number of hydrogen-bond acceptors (Lipinski definition) is 3. The Balaban J connectivity index is 2.44. The first kappa shape index (κ1) is 11.4. The first-order chi connectivity index (χ1) is 7.54. The molecular weight excluding hydrogens is 218 g/mol. The van der Waals surface area contributed by atoms with Crippen molar-refractivity contribution in [1.82, 2.24) is 9.97 Å². The molecule has 0 saturated carbocycles. The molecule has 0 aliphatic heterocycles. The van der Waals surface area contributed by atoms with Crippen LogP contribution in [0, 0.1) is 6.92 Å². The lowest BCUT2D eigenvalue weighted by Crippen LogP contribution is -2.27. The zero-order chi connectivity index (χ0) is 11.8. The summed E-state index contributed by atoms with van der Waals surface area (Å²) in [5, 5.41) is 1.11. The summed E-state index contributed by atoms with van der Waals surface area (Å²) in [6.07, 6.45) is 1.92. The molecule has 0 amide bonds. The van der Waals surface area contributed by atoms with Crippen molar-refractivity contribution in [3.8, 4) is 11.4 Å². The van der Waals surface area contributed by atoms with Crippen molar-refractivity contribution in [1.29, 1.82) is 0 Å². The minimum absolute atomic E-state index is 0.0414. The van der Waals surface area contributed by atoms with Gasteiger partial charge in [-0.2, -0.15) is 0 Å². The van der Waals surface area contributed by atoms with Gasteiger partial charge in [0.15, 0.2) is 0 Å². The van der Waals surface area contributed by atoms with Crippen LogP contribution in [-0.2, 0) is 5.41 Å².